The van der Waals surface area contributed by atoms with E-state index in [0.717, 1.165) is 59.5 Å². The molecule has 4 aromatic rings. The van der Waals surface area contributed by atoms with Gasteiger partial charge in [0, 0.05) is 38.8 Å². The Labute approximate surface area is 189 Å². The van der Waals surface area contributed by atoms with E-state index in [1.165, 1.54) is 9.40 Å². The summed E-state index contributed by atoms with van der Waals surface area (Å²) < 4.78 is 8.26. The molecule has 1 aliphatic heterocycles. The number of anilines is 1. The molecule has 0 bridgehead atoms. The topological polar surface area (TPSA) is 61.7 Å². The number of aliphatic hydroxyl groups is 1. The number of aliphatic hydroxyl groups excluding tert-OH is 1. The van der Waals surface area contributed by atoms with Crippen LogP contribution in [0.15, 0.2) is 42.5 Å². The van der Waals surface area contributed by atoms with Gasteiger partial charge < -0.3 is 14.7 Å². The van der Waals surface area contributed by atoms with Crippen LogP contribution in [0.25, 0.3) is 20.4 Å². The van der Waals surface area contributed by atoms with Gasteiger partial charge in [0.05, 0.1) is 25.4 Å². The van der Waals surface area contributed by atoms with Gasteiger partial charge in [-0.15, -0.1) is 11.3 Å². The molecule has 1 atom stereocenters. The molecule has 1 saturated heterocycles. The Morgan fingerprint density at radius 3 is 2.61 bits per heavy atom. The number of para-hydroxylation sites is 1. The zero-order chi connectivity index (χ0) is 21.2. The molecule has 8 heteroatoms. The van der Waals surface area contributed by atoms with E-state index >= 15 is 0 Å². The van der Waals surface area contributed by atoms with Gasteiger partial charge in [0.1, 0.15) is 18.5 Å². The second kappa shape index (κ2) is 9.08. The van der Waals surface area contributed by atoms with Crippen molar-refractivity contribution in [2.24, 2.45) is 0 Å². The monoisotopic (exact) mass is 454 g/mol. The highest BCUT2D eigenvalue weighted by Crippen LogP contribution is 2.29. The number of nitrogens with zero attached hydrogens (tertiary/aromatic N) is 4. The minimum absolute atomic E-state index is 0.286. The van der Waals surface area contributed by atoms with Crippen LogP contribution in [0.5, 0.6) is 5.75 Å². The number of piperazine rings is 1. The van der Waals surface area contributed by atoms with Crippen molar-refractivity contribution in [3.8, 4) is 5.75 Å². The normalized spacial score (nSPS) is 16.3. The van der Waals surface area contributed by atoms with Crippen LogP contribution in [0.3, 0.4) is 0 Å². The molecule has 1 N–H and O–H groups in total. The lowest BCUT2D eigenvalue weighted by Crippen LogP contribution is -2.49. The van der Waals surface area contributed by atoms with Crippen molar-refractivity contribution in [3.05, 3.63) is 47.5 Å². The number of benzene rings is 2. The maximum atomic E-state index is 10.5. The van der Waals surface area contributed by atoms with Gasteiger partial charge in [-0.25, -0.2) is 9.97 Å². The lowest BCUT2D eigenvalue weighted by atomic mass is 10.2. The van der Waals surface area contributed by atoms with Gasteiger partial charge in [-0.05, 0) is 30.7 Å². The Hall–Kier alpha value is -2.26. The van der Waals surface area contributed by atoms with Gasteiger partial charge in [0.2, 0.25) is 0 Å². The Morgan fingerprint density at radius 2 is 1.81 bits per heavy atom. The third-order valence-corrected chi connectivity index (χ3v) is 7.82. The second-order valence-corrected chi connectivity index (χ2v) is 9.93. The average molecular weight is 455 g/mol. The number of aromatic nitrogens is 2. The van der Waals surface area contributed by atoms with Crippen LogP contribution in [0.4, 0.5) is 5.13 Å². The summed E-state index contributed by atoms with van der Waals surface area (Å²) >= 11 is 3.47. The maximum Gasteiger partial charge on any atom is 0.186 e. The minimum Gasteiger partial charge on any atom is -0.491 e. The van der Waals surface area contributed by atoms with Crippen molar-refractivity contribution in [3.63, 3.8) is 0 Å². The molecule has 1 unspecified atom stereocenters. The molecule has 0 spiro atoms. The lowest BCUT2D eigenvalue weighted by molar-refractivity contribution is 0.0663. The van der Waals surface area contributed by atoms with Crippen LogP contribution >= 0.6 is 22.7 Å². The molecule has 162 valence electrons. The smallest absolute Gasteiger partial charge is 0.186 e. The third kappa shape index (κ3) is 4.67. The summed E-state index contributed by atoms with van der Waals surface area (Å²) in [4.78, 5) is 14.0. The number of thiazole rings is 2. The Bertz CT molecular complexity index is 1130. The van der Waals surface area contributed by atoms with Crippen LogP contribution in [0, 0.1) is 0 Å². The molecule has 1 aliphatic rings. The van der Waals surface area contributed by atoms with E-state index in [9.17, 15) is 5.11 Å². The average Bonchev–Trinajstić information content (AvgIpc) is 3.41. The van der Waals surface area contributed by atoms with Gasteiger partial charge in [-0.3, -0.25) is 4.90 Å². The largest absolute Gasteiger partial charge is 0.491 e. The van der Waals surface area contributed by atoms with Crippen LogP contribution in [-0.4, -0.2) is 65.4 Å². The van der Waals surface area contributed by atoms with Gasteiger partial charge >= 0.3 is 0 Å². The first kappa shape index (κ1) is 20.6. The molecule has 1 fully saturated rings. The van der Waals surface area contributed by atoms with Gasteiger partial charge in [-0.1, -0.05) is 30.4 Å². The highest BCUT2D eigenvalue weighted by molar-refractivity contribution is 7.22. The first-order valence-corrected chi connectivity index (χ1v) is 12.3. The number of fused-ring (bicyclic) bond motifs is 2. The molecule has 31 heavy (non-hydrogen) atoms. The first-order chi connectivity index (χ1) is 15.2. The molecule has 5 rings (SSSR count). The number of aryl methyl sites for hydroxylation is 1. The Kier molecular flexibility index (Phi) is 6.04. The number of hydrogen-bond acceptors (Lipinski definition) is 8. The van der Waals surface area contributed by atoms with Crippen molar-refractivity contribution in [2.45, 2.75) is 19.4 Å². The van der Waals surface area contributed by atoms with E-state index in [4.69, 9.17) is 9.72 Å². The molecule has 0 saturated carbocycles. The fraction of sp³-hybridized carbons (Fsp3) is 0.391. The number of ether oxygens (including phenoxy) is 1. The summed E-state index contributed by atoms with van der Waals surface area (Å²) in [6.45, 7) is 6.70. The summed E-state index contributed by atoms with van der Waals surface area (Å²) in [5.74, 6) is 0.764. The van der Waals surface area contributed by atoms with Crippen molar-refractivity contribution in [1.82, 2.24) is 14.9 Å². The van der Waals surface area contributed by atoms with Gasteiger partial charge in [-0.2, -0.15) is 0 Å². The van der Waals surface area contributed by atoms with Crippen LogP contribution in [0.2, 0.25) is 0 Å². The summed E-state index contributed by atoms with van der Waals surface area (Å²) in [5.41, 5.74) is 2.04. The number of hydrogen-bond donors (Lipinski definition) is 1. The molecular formula is C23H26N4O2S2. The fourth-order valence-corrected chi connectivity index (χ4v) is 5.76. The molecule has 2 aromatic carbocycles. The summed E-state index contributed by atoms with van der Waals surface area (Å²) in [7, 11) is 0. The standard InChI is InChI=1S/C23H26N4O2S2/c1-2-22-24-19-13-17(7-8-21(19)30-22)29-15-16(28)14-26-9-11-27(12-10-26)23-25-18-5-3-4-6-20(18)31-23/h3-8,13,16,28H,2,9-12,14-15H2,1H3. The van der Waals surface area contributed by atoms with Crippen LogP contribution < -0.4 is 9.64 Å². The first-order valence-electron chi connectivity index (χ1n) is 10.7. The summed E-state index contributed by atoms with van der Waals surface area (Å²) in [5, 5.41) is 12.7. The molecule has 0 radical (unpaired) electrons. The molecule has 0 aliphatic carbocycles. The zero-order valence-electron chi connectivity index (χ0n) is 17.5. The number of β-amino-alcohol motifs (C(OH)–C–C–N with tert-alkyl or cyclic N) is 1. The van der Waals surface area contributed by atoms with E-state index < -0.39 is 6.10 Å². The highest BCUT2D eigenvalue weighted by Gasteiger charge is 2.21. The number of rotatable bonds is 7. The van der Waals surface area contributed by atoms with E-state index in [1.54, 1.807) is 22.7 Å². The molecule has 2 aromatic heterocycles. The van der Waals surface area contributed by atoms with E-state index in [1.807, 2.05) is 18.2 Å². The lowest BCUT2D eigenvalue weighted by Gasteiger charge is -2.35. The fourth-order valence-electron chi connectivity index (χ4n) is 3.86. The van der Waals surface area contributed by atoms with Crippen molar-refractivity contribution in [2.75, 3.05) is 44.2 Å². The van der Waals surface area contributed by atoms with Crippen LogP contribution in [0.1, 0.15) is 11.9 Å². The van der Waals surface area contributed by atoms with Crippen LogP contribution in [-0.2, 0) is 6.42 Å². The minimum atomic E-state index is -0.522. The van der Waals surface area contributed by atoms with E-state index in [0.29, 0.717) is 6.54 Å². The molecule has 3 heterocycles. The van der Waals surface area contributed by atoms with Crippen molar-refractivity contribution >= 4 is 48.2 Å². The predicted octanol–water partition coefficient (Wildman–Crippen LogP) is 4.03. The third-order valence-electron chi connectivity index (χ3n) is 5.54. The van der Waals surface area contributed by atoms with Gasteiger partial charge in [0.25, 0.3) is 0 Å². The zero-order valence-corrected chi connectivity index (χ0v) is 19.2. The molecule has 0 amide bonds. The van der Waals surface area contributed by atoms with E-state index in [-0.39, 0.29) is 6.61 Å². The van der Waals surface area contributed by atoms with Crippen molar-refractivity contribution < 1.29 is 9.84 Å². The van der Waals surface area contributed by atoms with E-state index in [2.05, 4.69) is 46.0 Å². The summed E-state index contributed by atoms with van der Waals surface area (Å²) in [6.07, 6.45) is 0.423. The Morgan fingerprint density at radius 1 is 1.00 bits per heavy atom. The van der Waals surface area contributed by atoms with Gasteiger partial charge in [0.15, 0.2) is 5.13 Å². The molecular weight excluding hydrogens is 428 g/mol. The highest BCUT2D eigenvalue weighted by atomic mass is 32.1. The Balaban J connectivity index is 1.11. The summed E-state index contributed by atoms with van der Waals surface area (Å²) in [6, 6.07) is 14.3. The van der Waals surface area contributed by atoms with Crippen molar-refractivity contribution in [1.29, 1.82) is 0 Å². The second-order valence-electron chi connectivity index (χ2n) is 7.81. The SMILES string of the molecule is CCc1nc2cc(OCC(O)CN3CCN(c4nc5ccccc5s4)CC3)ccc2s1. The quantitative estimate of drug-likeness (QED) is 0.455. The maximum absolute atomic E-state index is 10.5. The predicted molar refractivity (Wildman–Crippen MR) is 129 cm³/mol. The molecule has 6 nitrogen and oxygen atoms in total.